The Morgan fingerprint density at radius 3 is 1.91 bits per heavy atom. The van der Waals surface area contributed by atoms with Gasteiger partial charge >= 0.3 is 11.8 Å². The van der Waals surface area contributed by atoms with Gasteiger partial charge in [0, 0.05) is 17.5 Å². The second-order valence-electron chi connectivity index (χ2n) is 8.99. The third-order valence-corrected chi connectivity index (χ3v) is 6.07. The van der Waals surface area contributed by atoms with Gasteiger partial charge in [0.2, 0.25) is 0 Å². The highest BCUT2D eigenvalue weighted by atomic mass is 16.7. The average Bonchev–Trinajstić information content (AvgIpc) is 3.29. The number of ether oxygens (including phenoxy) is 3. The molecule has 0 spiro atoms. The molecule has 4 aromatic carbocycles. The lowest BCUT2D eigenvalue weighted by atomic mass is 9.94. The Bertz CT molecular complexity index is 1260. The summed E-state index contributed by atoms with van der Waals surface area (Å²) in [7, 11) is 0. The molecule has 4 aromatic rings. The Morgan fingerprint density at radius 1 is 0.771 bits per heavy atom. The van der Waals surface area contributed by atoms with Gasteiger partial charge in [-0.05, 0) is 30.2 Å². The van der Waals surface area contributed by atoms with E-state index >= 15 is 0 Å². The van der Waals surface area contributed by atoms with Crippen LogP contribution < -0.4 is 15.2 Å². The van der Waals surface area contributed by atoms with E-state index in [1.807, 2.05) is 109 Å². The van der Waals surface area contributed by atoms with Gasteiger partial charge in [-0.2, -0.15) is 0 Å². The Balaban J connectivity index is 1.36. The zero-order valence-electron chi connectivity index (χ0n) is 19.5. The lowest BCUT2D eigenvalue weighted by Gasteiger charge is -2.28. The summed E-state index contributed by atoms with van der Waals surface area (Å²) in [6.45, 7) is 1.87. The topological polar surface area (TPSA) is 70.8 Å². The average molecular weight is 466 g/mol. The van der Waals surface area contributed by atoms with Gasteiger partial charge in [0.1, 0.15) is 12.1 Å². The summed E-state index contributed by atoms with van der Waals surface area (Å²) >= 11 is 0. The van der Waals surface area contributed by atoms with Crippen LogP contribution in [0.2, 0.25) is 0 Å². The second kappa shape index (κ2) is 9.28. The number of benzene rings is 4. The number of nitrogens with two attached hydrogens (primary N) is 1. The van der Waals surface area contributed by atoms with Crippen LogP contribution >= 0.6 is 0 Å². The zero-order chi connectivity index (χ0) is 24.3. The van der Waals surface area contributed by atoms with E-state index in [2.05, 4.69) is 0 Å². The van der Waals surface area contributed by atoms with E-state index in [-0.39, 0.29) is 6.61 Å². The highest BCUT2D eigenvalue weighted by Gasteiger charge is 2.45. The van der Waals surface area contributed by atoms with Crippen LogP contribution in [0, 0.1) is 0 Å². The Labute approximate surface area is 205 Å². The molecule has 1 atom stereocenters. The molecule has 0 radical (unpaired) electrons. The lowest BCUT2D eigenvalue weighted by Crippen LogP contribution is -2.48. The van der Waals surface area contributed by atoms with Gasteiger partial charge in [0.15, 0.2) is 11.5 Å². The third-order valence-electron chi connectivity index (χ3n) is 6.07. The van der Waals surface area contributed by atoms with Gasteiger partial charge in [0.25, 0.3) is 0 Å². The van der Waals surface area contributed by atoms with Crippen LogP contribution in [-0.2, 0) is 28.3 Å². The van der Waals surface area contributed by atoms with Crippen molar-refractivity contribution in [1.82, 2.24) is 0 Å². The van der Waals surface area contributed by atoms with Crippen molar-refractivity contribution in [3.63, 3.8) is 0 Å². The van der Waals surface area contributed by atoms with E-state index in [9.17, 15) is 4.79 Å². The van der Waals surface area contributed by atoms with E-state index in [0.717, 1.165) is 22.3 Å². The minimum atomic E-state index is -1.20. The summed E-state index contributed by atoms with van der Waals surface area (Å²) in [5, 5.41) is 0. The van der Waals surface area contributed by atoms with Crippen molar-refractivity contribution in [2.45, 2.75) is 31.3 Å². The molecule has 0 aliphatic carbocycles. The SMILES string of the molecule is CC(N)(Cc1ccc2c(c1)OC(c1ccccc1)(c1ccccc1)O2)C(=O)OCc1ccccc1. The molecule has 1 unspecified atom stereocenters. The number of fused-ring (bicyclic) bond motifs is 1. The van der Waals surface area contributed by atoms with E-state index in [1.165, 1.54) is 0 Å². The van der Waals surface area contributed by atoms with E-state index in [1.54, 1.807) is 6.92 Å². The minimum absolute atomic E-state index is 0.185. The molecule has 0 amide bonds. The quantitative estimate of drug-likeness (QED) is 0.372. The zero-order valence-corrected chi connectivity index (χ0v) is 19.5. The maximum absolute atomic E-state index is 12.7. The van der Waals surface area contributed by atoms with Crippen LogP contribution in [0.25, 0.3) is 0 Å². The minimum Gasteiger partial charge on any atom is -0.459 e. The number of carbonyl (C=O) groups excluding carboxylic acids is 1. The molecular formula is C30H27NO4. The fourth-order valence-electron chi connectivity index (χ4n) is 4.26. The smallest absolute Gasteiger partial charge is 0.326 e. The van der Waals surface area contributed by atoms with Crippen molar-refractivity contribution in [3.8, 4) is 11.5 Å². The molecular weight excluding hydrogens is 438 g/mol. The van der Waals surface area contributed by atoms with E-state index < -0.39 is 17.3 Å². The lowest BCUT2D eigenvalue weighted by molar-refractivity contribution is -0.150. The first-order valence-electron chi connectivity index (χ1n) is 11.6. The third kappa shape index (κ3) is 4.63. The summed E-state index contributed by atoms with van der Waals surface area (Å²) in [4.78, 5) is 12.7. The van der Waals surface area contributed by atoms with E-state index in [4.69, 9.17) is 19.9 Å². The van der Waals surface area contributed by atoms with Crippen molar-refractivity contribution in [1.29, 1.82) is 0 Å². The van der Waals surface area contributed by atoms with Gasteiger partial charge in [-0.25, -0.2) is 0 Å². The maximum atomic E-state index is 12.7. The summed E-state index contributed by atoms with van der Waals surface area (Å²) in [6, 6.07) is 34.9. The van der Waals surface area contributed by atoms with Crippen molar-refractivity contribution in [2.75, 3.05) is 0 Å². The molecule has 0 saturated heterocycles. The first kappa shape index (κ1) is 22.7. The molecule has 2 N–H and O–H groups in total. The summed E-state index contributed by atoms with van der Waals surface area (Å²) in [5.41, 5.74) is 8.73. The van der Waals surface area contributed by atoms with Gasteiger partial charge in [0.05, 0.1) is 0 Å². The second-order valence-corrected chi connectivity index (χ2v) is 8.99. The monoisotopic (exact) mass is 465 g/mol. The summed E-state index contributed by atoms with van der Waals surface area (Å²) < 4.78 is 18.4. The van der Waals surface area contributed by atoms with Crippen LogP contribution in [0.15, 0.2) is 109 Å². The molecule has 1 aliphatic heterocycles. The van der Waals surface area contributed by atoms with Crippen molar-refractivity contribution < 1.29 is 19.0 Å². The van der Waals surface area contributed by atoms with Crippen LogP contribution in [-0.4, -0.2) is 11.5 Å². The van der Waals surface area contributed by atoms with Gasteiger partial charge in [-0.3, -0.25) is 4.79 Å². The number of hydrogen-bond donors (Lipinski definition) is 1. The standard InChI is InChI=1S/C30H27NO4/c1-29(31,28(32)33-21-22-11-5-2-6-12-22)20-23-17-18-26-27(19-23)35-30(34-26,24-13-7-3-8-14-24)25-15-9-4-10-16-25/h2-19H,20-21,31H2,1H3. The molecule has 0 aromatic heterocycles. The molecule has 35 heavy (non-hydrogen) atoms. The molecule has 1 heterocycles. The molecule has 5 heteroatoms. The van der Waals surface area contributed by atoms with Crippen molar-refractivity contribution in [3.05, 3.63) is 131 Å². The Morgan fingerprint density at radius 2 is 1.31 bits per heavy atom. The number of rotatable bonds is 7. The molecule has 5 rings (SSSR count). The fourth-order valence-corrected chi connectivity index (χ4v) is 4.26. The first-order valence-corrected chi connectivity index (χ1v) is 11.6. The molecule has 176 valence electrons. The van der Waals surface area contributed by atoms with Crippen LogP contribution in [0.4, 0.5) is 0 Å². The molecule has 0 bridgehead atoms. The Hall–Kier alpha value is -4.09. The number of esters is 1. The van der Waals surface area contributed by atoms with Crippen molar-refractivity contribution >= 4 is 5.97 Å². The number of hydrogen-bond acceptors (Lipinski definition) is 5. The fraction of sp³-hybridized carbons (Fsp3) is 0.167. The normalized spacial score (nSPS) is 15.3. The largest absolute Gasteiger partial charge is 0.459 e. The molecule has 0 saturated carbocycles. The van der Waals surface area contributed by atoms with Crippen LogP contribution in [0.3, 0.4) is 0 Å². The molecule has 1 aliphatic rings. The summed E-state index contributed by atoms with van der Waals surface area (Å²) in [6.07, 6.45) is 0.293. The predicted molar refractivity (Wildman–Crippen MR) is 134 cm³/mol. The van der Waals surface area contributed by atoms with Gasteiger partial charge in [-0.15, -0.1) is 0 Å². The molecule has 5 nitrogen and oxygen atoms in total. The van der Waals surface area contributed by atoms with Gasteiger partial charge in [-0.1, -0.05) is 97.1 Å². The predicted octanol–water partition coefficient (Wildman–Crippen LogP) is 5.36. The first-order chi connectivity index (χ1) is 17.0. The van der Waals surface area contributed by atoms with Crippen LogP contribution in [0.1, 0.15) is 29.2 Å². The van der Waals surface area contributed by atoms with Gasteiger partial charge < -0.3 is 19.9 Å². The number of carbonyl (C=O) groups is 1. The highest BCUT2D eigenvalue weighted by Crippen LogP contribution is 2.48. The molecule has 0 fully saturated rings. The van der Waals surface area contributed by atoms with Crippen LogP contribution in [0.5, 0.6) is 11.5 Å². The highest BCUT2D eigenvalue weighted by molar-refractivity contribution is 5.80. The maximum Gasteiger partial charge on any atom is 0.326 e. The Kier molecular flexibility index (Phi) is 6.01. The van der Waals surface area contributed by atoms with E-state index in [0.29, 0.717) is 17.9 Å². The van der Waals surface area contributed by atoms with Crippen molar-refractivity contribution in [2.24, 2.45) is 5.73 Å². The summed E-state index contributed by atoms with van der Waals surface area (Å²) in [5.74, 6) is -0.318.